The average molecular weight is 182 g/mol. The smallest absolute Gasteiger partial charge is 0.316 e. The van der Waals surface area contributed by atoms with Crippen LogP contribution in [-0.4, -0.2) is 38.1 Å². The first-order valence-corrected chi connectivity index (χ1v) is 3.33. The Labute approximate surface area is 73.5 Å². The summed E-state index contributed by atoms with van der Waals surface area (Å²) in [4.78, 5) is 12.3. The molecule has 0 saturated heterocycles. The normalized spacial score (nSPS) is 8.27. The lowest BCUT2D eigenvalue weighted by molar-refractivity contribution is 0.217. The first-order valence-electron chi connectivity index (χ1n) is 3.33. The van der Waals surface area contributed by atoms with E-state index in [2.05, 4.69) is 5.32 Å². The molecule has 0 aliphatic carbocycles. The number of urea groups is 1. The van der Waals surface area contributed by atoms with Crippen LogP contribution in [0.25, 0.3) is 0 Å². The van der Waals surface area contributed by atoms with Gasteiger partial charge in [0, 0.05) is 20.6 Å². The zero-order chi connectivity index (χ0) is 7.98. The van der Waals surface area contributed by atoms with Crippen molar-refractivity contribution < 1.29 is 4.79 Å². The lowest BCUT2D eigenvalue weighted by atomic mass is 10.4. The van der Waals surface area contributed by atoms with Gasteiger partial charge >= 0.3 is 6.03 Å². The summed E-state index contributed by atoms with van der Waals surface area (Å²) < 4.78 is 0. The summed E-state index contributed by atoms with van der Waals surface area (Å²) in [5.74, 6) is 0. The molecule has 0 bridgehead atoms. The van der Waals surface area contributed by atoms with Gasteiger partial charge in [-0.15, -0.1) is 12.4 Å². The molecule has 0 aliphatic heterocycles. The summed E-state index contributed by atoms with van der Waals surface area (Å²) in [5, 5.41) is 2.69. The summed E-state index contributed by atoms with van der Waals surface area (Å²) in [6.45, 7) is 1.28. The molecule has 3 N–H and O–H groups in total. The Kier molecular flexibility index (Phi) is 9.10. The maximum absolute atomic E-state index is 10.8. The molecular weight excluding hydrogens is 166 g/mol. The van der Waals surface area contributed by atoms with E-state index in [1.54, 1.807) is 14.1 Å². The van der Waals surface area contributed by atoms with Crippen molar-refractivity contribution in [2.24, 2.45) is 5.73 Å². The minimum Gasteiger partial charge on any atom is -0.338 e. The average Bonchev–Trinajstić information content (AvgIpc) is 1.88. The van der Waals surface area contributed by atoms with Gasteiger partial charge in [-0.2, -0.15) is 0 Å². The van der Waals surface area contributed by atoms with E-state index in [1.165, 1.54) is 4.90 Å². The van der Waals surface area contributed by atoms with Crippen molar-refractivity contribution in [1.82, 2.24) is 10.2 Å². The monoisotopic (exact) mass is 181 g/mol. The molecule has 0 unspecified atom stereocenters. The third-order valence-electron chi connectivity index (χ3n) is 1.06. The van der Waals surface area contributed by atoms with Crippen LogP contribution >= 0.6 is 12.4 Å². The molecule has 0 spiro atoms. The molecule has 0 atom stereocenters. The second kappa shape index (κ2) is 7.63. The van der Waals surface area contributed by atoms with Gasteiger partial charge in [-0.25, -0.2) is 4.79 Å². The van der Waals surface area contributed by atoms with Crippen molar-refractivity contribution in [3.05, 3.63) is 0 Å². The fourth-order valence-corrected chi connectivity index (χ4v) is 0.455. The van der Waals surface area contributed by atoms with Gasteiger partial charge in [-0.05, 0) is 13.0 Å². The number of carbonyl (C=O) groups is 1. The molecule has 0 fully saturated rings. The van der Waals surface area contributed by atoms with Gasteiger partial charge in [-0.3, -0.25) is 0 Å². The molecule has 2 amide bonds. The lowest BCUT2D eigenvalue weighted by Crippen LogP contribution is -2.35. The maximum atomic E-state index is 10.8. The Bertz CT molecular complexity index is 108. The van der Waals surface area contributed by atoms with Crippen LogP contribution in [0.1, 0.15) is 6.42 Å². The van der Waals surface area contributed by atoms with E-state index >= 15 is 0 Å². The highest BCUT2D eigenvalue weighted by atomic mass is 35.5. The zero-order valence-corrected chi connectivity index (χ0v) is 7.78. The number of nitrogens with two attached hydrogens (primary N) is 1. The predicted molar refractivity (Wildman–Crippen MR) is 48.0 cm³/mol. The van der Waals surface area contributed by atoms with Gasteiger partial charge in [0.05, 0.1) is 0 Å². The second-order valence-corrected chi connectivity index (χ2v) is 2.27. The van der Waals surface area contributed by atoms with Crippen molar-refractivity contribution in [2.75, 3.05) is 27.2 Å². The molecule has 68 valence electrons. The third kappa shape index (κ3) is 7.42. The SMILES string of the molecule is CN(C)C(=O)NCCCN.Cl. The predicted octanol–water partition coefficient (Wildman–Crippen LogP) is 0.0282. The van der Waals surface area contributed by atoms with E-state index in [0.29, 0.717) is 13.1 Å². The molecule has 0 rings (SSSR count). The van der Waals surface area contributed by atoms with Crippen molar-refractivity contribution in [3.8, 4) is 0 Å². The van der Waals surface area contributed by atoms with Gasteiger partial charge in [0.15, 0.2) is 0 Å². The van der Waals surface area contributed by atoms with Gasteiger partial charge in [0.25, 0.3) is 0 Å². The Morgan fingerprint density at radius 3 is 2.45 bits per heavy atom. The van der Waals surface area contributed by atoms with Crippen LogP contribution in [0, 0.1) is 0 Å². The molecule has 0 aliphatic rings. The van der Waals surface area contributed by atoms with Crippen LogP contribution in [0.15, 0.2) is 0 Å². The summed E-state index contributed by atoms with van der Waals surface area (Å²) >= 11 is 0. The molecule has 0 saturated carbocycles. The molecule has 4 nitrogen and oxygen atoms in total. The number of rotatable bonds is 3. The molecule has 11 heavy (non-hydrogen) atoms. The maximum Gasteiger partial charge on any atom is 0.316 e. The van der Waals surface area contributed by atoms with E-state index in [1.807, 2.05) is 0 Å². The molecular formula is C6H16ClN3O. The fourth-order valence-electron chi connectivity index (χ4n) is 0.455. The molecule has 5 heteroatoms. The van der Waals surface area contributed by atoms with Crippen molar-refractivity contribution in [3.63, 3.8) is 0 Å². The number of amides is 2. The summed E-state index contributed by atoms with van der Waals surface area (Å²) in [6, 6.07) is -0.0616. The molecule has 0 aromatic heterocycles. The van der Waals surface area contributed by atoms with Crippen LogP contribution in [0.2, 0.25) is 0 Å². The number of halogens is 1. The second-order valence-electron chi connectivity index (χ2n) is 2.27. The summed E-state index contributed by atoms with van der Waals surface area (Å²) in [5.41, 5.74) is 5.23. The van der Waals surface area contributed by atoms with Crippen LogP contribution in [0.5, 0.6) is 0 Å². The first-order chi connectivity index (χ1) is 4.68. The van der Waals surface area contributed by atoms with Crippen molar-refractivity contribution in [1.29, 1.82) is 0 Å². The van der Waals surface area contributed by atoms with Gasteiger partial charge in [0.2, 0.25) is 0 Å². The molecule has 0 aromatic carbocycles. The third-order valence-corrected chi connectivity index (χ3v) is 1.06. The van der Waals surface area contributed by atoms with Gasteiger partial charge < -0.3 is 16.0 Å². The van der Waals surface area contributed by atoms with Crippen LogP contribution in [-0.2, 0) is 0 Å². The minimum absolute atomic E-state index is 0. The van der Waals surface area contributed by atoms with Crippen molar-refractivity contribution >= 4 is 18.4 Å². The van der Waals surface area contributed by atoms with Gasteiger partial charge in [0.1, 0.15) is 0 Å². The Morgan fingerprint density at radius 2 is 2.09 bits per heavy atom. The zero-order valence-electron chi connectivity index (χ0n) is 6.96. The Morgan fingerprint density at radius 1 is 1.55 bits per heavy atom. The van der Waals surface area contributed by atoms with Crippen LogP contribution < -0.4 is 11.1 Å². The number of hydrogen-bond donors (Lipinski definition) is 2. The number of hydrogen-bond acceptors (Lipinski definition) is 2. The topological polar surface area (TPSA) is 58.4 Å². The highest BCUT2D eigenvalue weighted by molar-refractivity contribution is 5.85. The van der Waals surface area contributed by atoms with Crippen LogP contribution in [0.3, 0.4) is 0 Å². The number of nitrogens with one attached hydrogen (secondary N) is 1. The Hall–Kier alpha value is -0.480. The van der Waals surface area contributed by atoms with E-state index in [-0.39, 0.29) is 18.4 Å². The highest BCUT2D eigenvalue weighted by Gasteiger charge is 1.98. The summed E-state index contributed by atoms with van der Waals surface area (Å²) in [7, 11) is 3.41. The van der Waals surface area contributed by atoms with E-state index in [0.717, 1.165) is 6.42 Å². The molecule has 0 radical (unpaired) electrons. The Balaban J connectivity index is 0. The fraction of sp³-hybridized carbons (Fsp3) is 0.833. The quantitative estimate of drug-likeness (QED) is 0.604. The van der Waals surface area contributed by atoms with E-state index < -0.39 is 0 Å². The van der Waals surface area contributed by atoms with E-state index in [4.69, 9.17) is 5.73 Å². The van der Waals surface area contributed by atoms with E-state index in [9.17, 15) is 4.79 Å². The lowest BCUT2D eigenvalue weighted by Gasteiger charge is -2.10. The number of nitrogens with zero attached hydrogens (tertiary/aromatic N) is 1. The first kappa shape index (κ1) is 13.1. The highest BCUT2D eigenvalue weighted by Crippen LogP contribution is 1.77. The minimum atomic E-state index is -0.0616. The summed E-state index contributed by atoms with van der Waals surface area (Å²) in [6.07, 6.45) is 0.833. The molecule has 0 aromatic rings. The number of carbonyl (C=O) groups excluding carboxylic acids is 1. The van der Waals surface area contributed by atoms with Gasteiger partial charge in [-0.1, -0.05) is 0 Å². The standard InChI is InChI=1S/C6H15N3O.ClH/c1-9(2)6(10)8-5-3-4-7;/h3-5,7H2,1-2H3,(H,8,10);1H. The van der Waals surface area contributed by atoms with Crippen LogP contribution in [0.4, 0.5) is 4.79 Å². The largest absolute Gasteiger partial charge is 0.338 e. The molecule has 0 heterocycles. The van der Waals surface area contributed by atoms with Crippen molar-refractivity contribution in [2.45, 2.75) is 6.42 Å².